The Balaban J connectivity index is 2.37. The van der Waals surface area contributed by atoms with E-state index in [1.807, 2.05) is 0 Å². The monoisotopic (exact) mass is 451 g/mol. The lowest BCUT2D eigenvalue weighted by atomic mass is 10.1. The minimum absolute atomic E-state index is 0.000263. The standard InChI is InChI=1S/C19H25N5O6S/c1-18(2,3)29-15(25)10-13(20-17(26)30-19(4,5)6)16(31)23-14-9-11(24(27)28)7-8-12(14)21-22-23/h7-9,13H,10H2,1-6H3,(H,20,26)/t13-/m0/s1. The first kappa shape index (κ1) is 24.1. The maximum absolute atomic E-state index is 12.4. The van der Waals surface area contributed by atoms with Gasteiger partial charge in [-0.3, -0.25) is 14.9 Å². The fourth-order valence-electron chi connectivity index (χ4n) is 2.53. The number of benzene rings is 1. The van der Waals surface area contributed by atoms with Crippen LogP contribution in [0.3, 0.4) is 0 Å². The molecule has 0 spiro atoms. The number of esters is 1. The van der Waals surface area contributed by atoms with Crippen LogP contribution in [0.2, 0.25) is 0 Å². The summed E-state index contributed by atoms with van der Waals surface area (Å²) in [5, 5.41) is 21.6. The van der Waals surface area contributed by atoms with Gasteiger partial charge in [0.1, 0.15) is 27.2 Å². The number of aromatic nitrogens is 3. The van der Waals surface area contributed by atoms with Crippen LogP contribution in [0.5, 0.6) is 0 Å². The smallest absolute Gasteiger partial charge is 0.408 e. The summed E-state index contributed by atoms with van der Waals surface area (Å²) in [4.78, 5) is 35.3. The van der Waals surface area contributed by atoms with E-state index in [1.54, 1.807) is 41.5 Å². The Labute approximate surface area is 184 Å². The Hall–Kier alpha value is -3.15. The van der Waals surface area contributed by atoms with Crippen molar-refractivity contribution in [3.63, 3.8) is 0 Å². The van der Waals surface area contributed by atoms with Gasteiger partial charge in [-0.15, -0.1) is 5.10 Å². The molecule has 0 aliphatic heterocycles. The van der Waals surface area contributed by atoms with Crippen molar-refractivity contribution < 1.29 is 24.0 Å². The van der Waals surface area contributed by atoms with Gasteiger partial charge in [0, 0.05) is 12.1 Å². The van der Waals surface area contributed by atoms with E-state index in [0.717, 1.165) is 0 Å². The molecule has 31 heavy (non-hydrogen) atoms. The van der Waals surface area contributed by atoms with Crippen LogP contribution in [0.1, 0.15) is 48.0 Å². The number of fused-ring (bicyclic) bond motifs is 1. The highest BCUT2D eigenvalue weighted by atomic mass is 32.1. The molecule has 0 saturated carbocycles. The van der Waals surface area contributed by atoms with Gasteiger partial charge in [0.2, 0.25) is 0 Å². The largest absolute Gasteiger partial charge is 0.460 e. The summed E-state index contributed by atoms with van der Waals surface area (Å²) >= 11 is 5.46. The topological polar surface area (TPSA) is 138 Å². The van der Waals surface area contributed by atoms with Gasteiger partial charge in [-0.05, 0) is 47.6 Å². The Morgan fingerprint density at radius 1 is 1.19 bits per heavy atom. The van der Waals surface area contributed by atoms with Crippen LogP contribution in [0, 0.1) is 10.1 Å². The van der Waals surface area contributed by atoms with Gasteiger partial charge in [0.15, 0.2) is 0 Å². The normalized spacial score (nSPS) is 12.8. The predicted molar refractivity (Wildman–Crippen MR) is 116 cm³/mol. The van der Waals surface area contributed by atoms with Crippen molar-refractivity contribution in [3.05, 3.63) is 28.3 Å². The Kier molecular flexibility index (Phi) is 6.94. The summed E-state index contributed by atoms with van der Waals surface area (Å²) in [6.07, 6.45) is -1.09. The van der Waals surface area contributed by atoms with E-state index >= 15 is 0 Å². The zero-order chi connectivity index (χ0) is 23.6. The second-order valence-corrected chi connectivity index (χ2v) is 9.18. The quantitative estimate of drug-likeness (QED) is 0.314. The number of nitrogens with one attached hydrogen (secondary N) is 1. The Bertz CT molecular complexity index is 991. The van der Waals surface area contributed by atoms with E-state index in [-0.39, 0.29) is 22.6 Å². The third-order valence-electron chi connectivity index (χ3n) is 3.63. The van der Waals surface area contributed by atoms with Crippen LogP contribution >= 0.6 is 12.2 Å². The van der Waals surface area contributed by atoms with Gasteiger partial charge < -0.3 is 14.8 Å². The highest BCUT2D eigenvalue weighted by molar-refractivity contribution is 7.80. The maximum atomic E-state index is 12.4. The van der Waals surface area contributed by atoms with Crippen molar-refractivity contribution in [2.24, 2.45) is 0 Å². The molecule has 168 valence electrons. The zero-order valence-corrected chi connectivity index (χ0v) is 19.0. The van der Waals surface area contributed by atoms with Crippen LogP contribution in [-0.4, -0.2) is 54.2 Å². The fraction of sp³-hybridized carbons (Fsp3) is 0.526. The molecule has 12 heteroatoms. The lowest BCUT2D eigenvalue weighted by molar-refractivity contribution is -0.384. The predicted octanol–water partition coefficient (Wildman–Crippen LogP) is 3.14. The van der Waals surface area contributed by atoms with E-state index in [4.69, 9.17) is 21.7 Å². The lowest BCUT2D eigenvalue weighted by Gasteiger charge is -2.25. The number of nitro benzene ring substituents is 1. The second kappa shape index (κ2) is 8.92. The summed E-state index contributed by atoms with van der Waals surface area (Å²) in [5.41, 5.74) is -1.07. The lowest BCUT2D eigenvalue weighted by Crippen LogP contribution is -2.46. The van der Waals surface area contributed by atoms with Gasteiger partial charge in [0.05, 0.1) is 17.4 Å². The first-order valence-corrected chi connectivity index (χ1v) is 9.82. The number of nitrogens with zero attached hydrogens (tertiary/aromatic N) is 4. The van der Waals surface area contributed by atoms with Crippen molar-refractivity contribution in [1.29, 1.82) is 0 Å². The molecule has 0 unspecified atom stereocenters. The number of nitro groups is 1. The molecule has 2 rings (SSSR count). The molecule has 0 saturated heterocycles. The van der Waals surface area contributed by atoms with E-state index in [2.05, 4.69) is 15.6 Å². The summed E-state index contributed by atoms with van der Waals surface area (Å²) in [6.45, 7) is 10.2. The summed E-state index contributed by atoms with van der Waals surface area (Å²) in [6, 6.07) is 2.95. The highest BCUT2D eigenvalue weighted by Crippen LogP contribution is 2.20. The average molecular weight is 452 g/mol. The first-order chi connectivity index (χ1) is 14.2. The van der Waals surface area contributed by atoms with Crippen LogP contribution in [0.4, 0.5) is 10.5 Å². The van der Waals surface area contributed by atoms with Crippen molar-refractivity contribution in [1.82, 2.24) is 20.3 Å². The molecule has 11 nitrogen and oxygen atoms in total. The summed E-state index contributed by atoms with van der Waals surface area (Å²) in [7, 11) is 0. The fourth-order valence-corrected chi connectivity index (χ4v) is 2.81. The van der Waals surface area contributed by atoms with Crippen molar-refractivity contribution >= 4 is 46.0 Å². The van der Waals surface area contributed by atoms with Crippen LogP contribution < -0.4 is 5.32 Å². The number of non-ortho nitro benzene ring substituents is 1. The van der Waals surface area contributed by atoms with Gasteiger partial charge >= 0.3 is 12.1 Å². The number of hydrogen-bond donors (Lipinski definition) is 1. The molecule has 0 aliphatic rings. The number of alkyl carbamates (subject to hydrolysis) is 1. The minimum atomic E-state index is -1.04. The molecule has 1 heterocycles. The molecule has 0 bridgehead atoms. The molecule has 0 aliphatic carbocycles. The van der Waals surface area contributed by atoms with E-state index in [0.29, 0.717) is 5.52 Å². The van der Waals surface area contributed by atoms with Gasteiger partial charge in [0.25, 0.3) is 5.69 Å². The van der Waals surface area contributed by atoms with E-state index in [9.17, 15) is 19.7 Å². The number of carbonyl (C=O) groups is 2. The average Bonchev–Trinajstić information content (AvgIpc) is 3.00. The zero-order valence-electron chi connectivity index (χ0n) is 18.2. The van der Waals surface area contributed by atoms with Crippen LogP contribution in [-0.2, 0) is 14.3 Å². The Morgan fingerprint density at radius 2 is 1.81 bits per heavy atom. The number of carbonyl (C=O) groups excluding carboxylic acids is 2. The maximum Gasteiger partial charge on any atom is 0.408 e. The molecule has 1 atom stereocenters. The third-order valence-corrected chi connectivity index (χ3v) is 4.09. The number of ether oxygens (including phenoxy) is 2. The van der Waals surface area contributed by atoms with E-state index in [1.165, 1.54) is 22.9 Å². The summed E-state index contributed by atoms with van der Waals surface area (Å²) in [5.74, 6) is -0.605. The first-order valence-electron chi connectivity index (χ1n) is 9.42. The van der Waals surface area contributed by atoms with Gasteiger partial charge in [-0.1, -0.05) is 17.4 Å². The molecule has 1 N–H and O–H groups in total. The van der Waals surface area contributed by atoms with Crippen molar-refractivity contribution in [2.75, 3.05) is 0 Å². The molecular weight excluding hydrogens is 426 g/mol. The molecule has 0 radical (unpaired) electrons. The van der Waals surface area contributed by atoms with Gasteiger partial charge in [-0.25, -0.2) is 9.48 Å². The number of amides is 1. The number of thiocarbonyl (C=S) groups is 1. The number of hydrogen-bond acceptors (Lipinski definition) is 9. The Morgan fingerprint density at radius 3 is 2.35 bits per heavy atom. The third kappa shape index (κ3) is 6.95. The minimum Gasteiger partial charge on any atom is -0.460 e. The molecular formula is C19H25N5O6S. The molecule has 1 aromatic heterocycles. The van der Waals surface area contributed by atoms with Crippen LogP contribution in [0.25, 0.3) is 11.0 Å². The summed E-state index contributed by atoms with van der Waals surface area (Å²) < 4.78 is 11.8. The SMILES string of the molecule is CC(C)(C)OC(=O)C[C@H](NC(=O)OC(C)(C)C)C(=S)n1nnc2ccc([N+](=O)[O-])cc21. The molecule has 1 aromatic carbocycles. The van der Waals surface area contributed by atoms with Crippen molar-refractivity contribution in [3.8, 4) is 0 Å². The molecule has 2 aromatic rings. The second-order valence-electron chi connectivity index (χ2n) is 8.76. The molecule has 0 fully saturated rings. The van der Waals surface area contributed by atoms with Gasteiger partial charge in [-0.2, -0.15) is 0 Å². The molecule has 1 amide bonds. The van der Waals surface area contributed by atoms with Crippen LogP contribution in [0.15, 0.2) is 18.2 Å². The number of rotatable bonds is 5. The van der Waals surface area contributed by atoms with Crippen molar-refractivity contribution in [2.45, 2.75) is 65.2 Å². The van der Waals surface area contributed by atoms with E-state index < -0.39 is 34.2 Å². The highest BCUT2D eigenvalue weighted by Gasteiger charge is 2.29.